The Balaban J connectivity index is 2.48. The zero-order chi connectivity index (χ0) is 15.7. The summed E-state index contributed by atoms with van der Waals surface area (Å²) in [4.78, 5) is 14.1. The van der Waals surface area contributed by atoms with E-state index in [1.165, 1.54) is 0 Å². The third kappa shape index (κ3) is 6.60. The quantitative estimate of drug-likeness (QED) is 0.730. The second-order valence-corrected chi connectivity index (χ2v) is 5.39. The van der Waals surface area contributed by atoms with Gasteiger partial charge in [0.2, 0.25) is 5.91 Å². The molecule has 21 heavy (non-hydrogen) atoms. The summed E-state index contributed by atoms with van der Waals surface area (Å²) in [5, 5.41) is 2.90. The van der Waals surface area contributed by atoms with Gasteiger partial charge in [-0.15, -0.1) is 0 Å². The van der Waals surface area contributed by atoms with Crippen molar-refractivity contribution in [2.24, 2.45) is 11.7 Å². The predicted molar refractivity (Wildman–Crippen MR) is 86.6 cm³/mol. The van der Waals surface area contributed by atoms with Gasteiger partial charge in [0.05, 0.1) is 5.92 Å². The van der Waals surface area contributed by atoms with Crippen molar-refractivity contribution in [1.29, 1.82) is 0 Å². The number of hydrogen-bond donors (Lipinski definition) is 2. The second-order valence-electron chi connectivity index (χ2n) is 5.39. The molecule has 0 aliphatic heterocycles. The van der Waals surface area contributed by atoms with Crippen molar-refractivity contribution >= 4 is 11.6 Å². The zero-order valence-electron chi connectivity index (χ0n) is 13.3. The number of nitrogens with zero attached hydrogens (tertiary/aromatic N) is 1. The summed E-state index contributed by atoms with van der Waals surface area (Å²) in [5.41, 5.74) is 6.40. The molecule has 0 radical (unpaired) electrons. The first-order valence-electron chi connectivity index (χ1n) is 7.45. The number of nitrogens with one attached hydrogen (secondary N) is 1. The number of likely N-dealkylation sites (N-methyl/N-ethyl adjacent to an activating group) is 1. The Morgan fingerprint density at radius 2 is 2.00 bits per heavy atom. The highest BCUT2D eigenvalue weighted by Gasteiger charge is 2.15. The van der Waals surface area contributed by atoms with Crippen LogP contribution in [-0.4, -0.2) is 44.6 Å². The van der Waals surface area contributed by atoms with Crippen LogP contribution in [0.2, 0.25) is 0 Å². The normalized spacial score (nSPS) is 12.2. The van der Waals surface area contributed by atoms with Gasteiger partial charge in [-0.25, -0.2) is 0 Å². The maximum atomic E-state index is 12.0. The average Bonchev–Trinajstić information content (AvgIpc) is 2.46. The SMILES string of the molecule is CCCC(CN)C(=O)Nc1ccc(OCCN(C)C)cc1. The molecular weight excluding hydrogens is 266 g/mol. The lowest BCUT2D eigenvalue weighted by Gasteiger charge is -2.14. The molecule has 0 fully saturated rings. The van der Waals surface area contributed by atoms with E-state index in [9.17, 15) is 4.79 Å². The molecule has 118 valence electrons. The van der Waals surface area contributed by atoms with Crippen molar-refractivity contribution < 1.29 is 9.53 Å². The topological polar surface area (TPSA) is 67.6 Å². The summed E-state index contributed by atoms with van der Waals surface area (Å²) in [6.45, 7) is 3.94. The van der Waals surface area contributed by atoms with Gasteiger partial charge in [0, 0.05) is 18.8 Å². The van der Waals surface area contributed by atoms with Crippen LogP contribution in [0.1, 0.15) is 19.8 Å². The van der Waals surface area contributed by atoms with Crippen LogP contribution in [0.5, 0.6) is 5.75 Å². The molecule has 0 saturated heterocycles. The molecule has 0 bridgehead atoms. The molecular formula is C16H27N3O2. The fraction of sp³-hybridized carbons (Fsp3) is 0.562. The van der Waals surface area contributed by atoms with Crippen molar-refractivity contribution in [1.82, 2.24) is 4.90 Å². The Morgan fingerprint density at radius 1 is 1.33 bits per heavy atom. The standard InChI is InChI=1S/C16H27N3O2/c1-4-5-13(12-17)16(20)18-14-6-8-15(9-7-14)21-11-10-19(2)3/h6-9,13H,4-5,10-12,17H2,1-3H3,(H,18,20). The maximum absolute atomic E-state index is 12.0. The number of amides is 1. The van der Waals surface area contributed by atoms with Crippen LogP contribution in [0.15, 0.2) is 24.3 Å². The van der Waals surface area contributed by atoms with Crippen molar-refractivity contribution in [3.05, 3.63) is 24.3 Å². The molecule has 0 aromatic heterocycles. The zero-order valence-corrected chi connectivity index (χ0v) is 13.3. The monoisotopic (exact) mass is 293 g/mol. The van der Waals surface area contributed by atoms with E-state index < -0.39 is 0 Å². The number of nitrogens with two attached hydrogens (primary N) is 1. The van der Waals surface area contributed by atoms with E-state index in [2.05, 4.69) is 17.1 Å². The Kier molecular flexibility index (Phi) is 7.79. The average molecular weight is 293 g/mol. The molecule has 1 aromatic rings. The van der Waals surface area contributed by atoms with Gasteiger partial charge in [-0.1, -0.05) is 13.3 Å². The van der Waals surface area contributed by atoms with Gasteiger partial charge < -0.3 is 20.7 Å². The summed E-state index contributed by atoms with van der Waals surface area (Å²) in [6.07, 6.45) is 1.77. The third-order valence-corrected chi connectivity index (χ3v) is 3.22. The molecule has 3 N–H and O–H groups in total. The van der Waals surface area contributed by atoms with E-state index in [4.69, 9.17) is 10.5 Å². The first-order chi connectivity index (χ1) is 10.1. The molecule has 1 unspecified atom stereocenters. The molecule has 1 atom stereocenters. The number of hydrogen-bond acceptors (Lipinski definition) is 4. The van der Waals surface area contributed by atoms with Gasteiger partial charge in [0.1, 0.15) is 12.4 Å². The summed E-state index contributed by atoms with van der Waals surface area (Å²) in [5.74, 6) is 0.672. The number of anilines is 1. The van der Waals surface area contributed by atoms with Crippen LogP contribution in [0, 0.1) is 5.92 Å². The summed E-state index contributed by atoms with van der Waals surface area (Å²) in [7, 11) is 4.01. The minimum Gasteiger partial charge on any atom is -0.492 e. The van der Waals surface area contributed by atoms with Crippen molar-refractivity contribution in [3.8, 4) is 5.75 Å². The van der Waals surface area contributed by atoms with Gasteiger partial charge in [-0.3, -0.25) is 4.79 Å². The van der Waals surface area contributed by atoms with Gasteiger partial charge >= 0.3 is 0 Å². The number of carbonyl (C=O) groups is 1. The summed E-state index contributed by atoms with van der Waals surface area (Å²) >= 11 is 0. The first kappa shape index (κ1) is 17.5. The molecule has 1 rings (SSSR count). The van der Waals surface area contributed by atoms with Crippen molar-refractivity contribution in [2.75, 3.05) is 39.1 Å². The molecule has 0 spiro atoms. The van der Waals surface area contributed by atoms with E-state index in [1.54, 1.807) is 0 Å². The van der Waals surface area contributed by atoms with E-state index in [1.807, 2.05) is 38.4 Å². The summed E-state index contributed by atoms with van der Waals surface area (Å²) < 4.78 is 5.61. The molecule has 0 aliphatic carbocycles. The predicted octanol–water partition coefficient (Wildman–Crippen LogP) is 1.94. The lowest BCUT2D eigenvalue weighted by atomic mass is 10.0. The van der Waals surface area contributed by atoms with Crippen LogP contribution >= 0.6 is 0 Å². The van der Waals surface area contributed by atoms with Gasteiger partial charge in [0.25, 0.3) is 0 Å². The molecule has 1 amide bonds. The Morgan fingerprint density at radius 3 is 2.52 bits per heavy atom. The first-order valence-corrected chi connectivity index (χ1v) is 7.45. The minimum atomic E-state index is -0.119. The highest BCUT2D eigenvalue weighted by atomic mass is 16.5. The lowest BCUT2D eigenvalue weighted by Crippen LogP contribution is -2.29. The van der Waals surface area contributed by atoms with E-state index in [0.29, 0.717) is 13.2 Å². The maximum Gasteiger partial charge on any atom is 0.228 e. The summed E-state index contributed by atoms with van der Waals surface area (Å²) in [6, 6.07) is 7.43. The molecule has 1 aromatic carbocycles. The second kappa shape index (κ2) is 9.37. The highest BCUT2D eigenvalue weighted by molar-refractivity contribution is 5.92. The highest BCUT2D eigenvalue weighted by Crippen LogP contribution is 2.17. The fourth-order valence-corrected chi connectivity index (χ4v) is 1.93. The molecule has 5 heteroatoms. The Bertz CT molecular complexity index is 418. The smallest absolute Gasteiger partial charge is 0.228 e. The van der Waals surface area contributed by atoms with Crippen LogP contribution in [0.3, 0.4) is 0 Å². The van der Waals surface area contributed by atoms with Gasteiger partial charge in [-0.2, -0.15) is 0 Å². The number of benzene rings is 1. The van der Waals surface area contributed by atoms with Crippen molar-refractivity contribution in [2.45, 2.75) is 19.8 Å². The Hall–Kier alpha value is -1.59. The largest absolute Gasteiger partial charge is 0.492 e. The van der Waals surface area contributed by atoms with Crippen LogP contribution in [0.4, 0.5) is 5.69 Å². The molecule has 0 aliphatic rings. The van der Waals surface area contributed by atoms with Gasteiger partial charge in [0.15, 0.2) is 0 Å². The van der Waals surface area contributed by atoms with E-state index in [-0.39, 0.29) is 11.8 Å². The van der Waals surface area contributed by atoms with Crippen LogP contribution in [-0.2, 0) is 4.79 Å². The van der Waals surface area contributed by atoms with E-state index in [0.717, 1.165) is 30.8 Å². The molecule has 5 nitrogen and oxygen atoms in total. The van der Waals surface area contributed by atoms with E-state index >= 15 is 0 Å². The fourth-order valence-electron chi connectivity index (χ4n) is 1.93. The molecule has 0 heterocycles. The van der Waals surface area contributed by atoms with Crippen LogP contribution in [0.25, 0.3) is 0 Å². The Labute approximate surface area is 127 Å². The minimum absolute atomic E-state index is 0.0133. The lowest BCUT2D eigenvalue weighted by molar-refractivity contribution is -0.119. The van der Waals surface area contributed by atoms with Crippen LogP contribution < -0.4 is 15.8 Å². The number of ether oxygens (including phenoxy) is 1. The number of carbonyl (C=O) groups excluding carboxylic acids is 1. The van der Waals surface area contributed by atoms with Gasteiger partial charge in [-0.05, 0) is 44.8 Å². The van der Waals surface area contributed by atoms with Crippen molar-refractivity contribution in [3.63, 3.8) is 0 Å². The molecule has 0 saturated carbocycles. The number of rotatable bonds is 9. The third-order valence-electron chi connectivity index (χ3n) is 3.22.